The summed E-state index contributed by atoms with van der Waals surface area (Å²) in [7, 11) is 0. The Morgan fingerprint density at radius 2 is 2.17 bits per heavy atom. The first-order valence-corrected chi connectivity index (χ1v) is 10.2. The van der Waals surface area contributed by atoms with E-state index in [0.29, 0.717) is 23.9 Å². The van der Waals surface area contributed by atoms with Gasteiger partial charge in [-0.1, -0.05) is 29.8 Å². The molecule has 0 saturated heterocycles. The maximum atomic E-state index is 11.5. The number of fused-ring (bicyclic) bond motifs is 1. The zero-order chi connectivity index (χ0) is 21.1. The molecule has 1 aromatic carbocycles. The molecule has 0 saturated carbocycles. The van der Waals surface area contributed by atoms with Crippen LogP contribution in [0.2, 0.25) is 5.02 Å². The molecule has 154 valence electrons. The van der Waals surface area contributed by atoms with Gasteiger partial charge in [-0.25, -0.2) is 9.78 Å². The van der Waals surface area contributed by atoms with E-state index >= 15 is 0 Å². The number of amides is 1. The monoisotopic (exact) mass is 422 g/mol. The standard InChI is InChI=1S/C23H23ClN4O2/c1-3-30-23(29)27-21-8-7-16(12-25-21)9-17-10-20(18-5-4-6-19(24)11-18)22-26-15(2)13-28(22)14-17/h4-8,10-14,22,26H,3,9H2,1-2H3,(H,25,27,29). The summed E-state index contributed by atoms with van der Waals surface area (Å²) in [5.41, 5.74) is 5.56. The molecule has 0 spiro atoms. The molecular weight excluding hydrogens is 400 g/mol. The van der Waals surface area contributed by atoms with Gasteiger partial charge in [0.25, 0.3) is 0 Å². The van der Waals surface area contributed by atoms with Gasteiger partial charge in [-0.2, -0.15) is 0 Å². The van der Waals surface area contributed by atoms with Crippen LogP contribution in [-0.2, 0) is 11.2 Å². The lowest BCUT2D eigenvalue weighted by Gasteiger charge is -2.30. The summed E-state index contributed by atoms with van der Waals surface area (Å²) < 4.78 is 4.88. The molecule has 4 rings (SSSR count). The average Bonchev–Trinajstić information content (AvgIpc) is 3.09. The Morgan fingerprint density at radius 1 is 1.30 bits per heavy atom. The zero-order valence-electron chi connectivity index (χ0n) is 16.9. The first-order chi connectivity index (χ1) is 14.5. The Hall–Kier alpha value is -3.25. The SMILES string of the molecule is CCOC(=O)Nc1ccc(CC2=CN3C=C(C)NC3C(c3cccc(Cl)c3)=C2)cn1. The summed E-state index contributed by atoms with van der Waals surface area (Å²) >= 11 is 6.24. The minimum Gasteiger partial charge on any atom is -0.450 e. The number of benzene rings is 1. The normalized spacial score (nSPS) is 17.4. The fourth-order valence-electron chi connectivity index (χ4n) is 3.60. The highest BCUT2D eigenvalue weighted by atomic mass is 35.5. The number of hydrogen-bond donors (Lipinski definition) is 2. The van der Waals surface area contributed by atoms with Gasteiger partial charge in [0.2, 0.25) is 0 Å². The highest BCUT2D eigenvalue weighted by molar-refractivity contribution is 6.30. The van der Waals surface area contributed by atoms with Crippen LogP contribution in [0.4, 0.5) is 10.6 Å². The third kappa shape index (κ3) is 4.49. The van der Waals surface area contributed by atoms with Crippen LogP contribution in [-0.4, -0.2) is 28.7 Å². The van der Waals surface area contributed by atoms with Gasteiger partial charge < -0.3 is 15.0 Å². The molecule has 0 bridgehead atoms. The topological polar surface area (TPSA) is 66.5 Å². The van der Waals surface area contributed by atoms with Crippen LogP contribution in [0.1, 0.15) is 25.0 Å². The van der Waals surface area contributed by atoms with Crippen molar-refractivity contribution in [2.75, 3.05) is 11.9 Å². The predicted molar refractivity (Wildman–Crippen MR) is 119 cm³/mol. The van der Waals surface area contributed by atoms with Crippen LogP contribution < -0.4 is 10.6 Å². The molecule has 3 heterocycles. The van der Waals surface area contributed by atoms with Crippen LogP contribution in [0, 0.1) is 0 Å². The van der Waals surface area contributed by atoms with Crippen molar-refractivity contribution >= 4 is 29.1 Å². The molecule has 1 atom stereocenters. The predicted octanol–water partition coefficient (Wildman–Crippen LogP) is 4.92. The van der Waals surface area contributed by atoms with Gasteiger partial charge in [-0.05, 0) is 54.8 Å². The highest BCUT2D eigenvalue weighted by Crippen LogP contribution is 2.33. The van der Waals surface area contributed by atoms with Crippen LogP contribution in [0.15, 0.2) is 72.3 Å². The molecule has 6 nitrogen and oxygen atoms in total. The van der Waals surface area contributed by atoms with Gasteiger partial charge in [0.15, 0.2) is 0 Å². The van der Waals surface area contributed by atoms with Crippen molar-refractivity contribution in [3.63, 3.8) is 0 Å². The number of carbonyl (C=O) groups is 1. The van der Waals surface area contributed by atoms with Gasteiger partial charge in [0, 0.05) is 41.3 Å². The van der Waals surface area contributed by atoms with Gasteiger partial charge in [-0.3, -0.25) is 5.32 Å². The number of carbonyl (C=O) groups excluding carboxylic acids is 1. The van der Waals surface area contributed by atoms with E-state index in [9.17, 15) is 4.79 Å². The number of aromatic nitrogens is 1. The summed E-state index contributed by atoms with van der Waals surface area (Å²) in [5, 5.41) is 6.83. The minimum atomic E-state index is -0.503. The molecule has 2 aliphatic rings. The van der Waals surface area contributed by atoms with E-state index in [2.05, 4.69) is 52.0 Å². The lowest BCUT2D eigenvalue weighted by molar-refractivity contribution is 0.168. The van der Waals surface area contributed by atoms with E-state index in [1.807, 2.05) is 24.3 Å². The van der Waals surface area contributed by atoms with Gasteiger partial charge in [-0.15, -0.1) is 0 Å². The summed E-state index contributed by atoms with van der Waals surface area (Å²) in [6, 6.07) is 11.6. The molecule has 1 unspecified atom stereocenters. The van der Waals surface area contributed by atoms with Crippen molar-refractivity contribution in [2.24, 2.45) is 0 Å². The highest BCUT2D eigenvalue weighted by Gasteiger charge is 2.28. The molecule has 1 aromatic heterocycles. The number of rotatable bonds is 5. The Kier molecular flexibility index (Phi) is 5.77. The van der Waals surface area contributed by atoms with Crippen molar-refractivity contribution in [2.45, 2.75) is 26.4 Å². The second-order valence-electron chi connectivity index (χ2n) is 7.19. The number of pyridine rings is 1. The first-order valence-electron chi connectivity index (χ1n) is 9.81. The summed E-state index contributed by atoms with van der Waals surface area (Å²) in [6.45, 7) is 4.14. The summed E-state index contributed by atoms with van der Waals surface area (Å²) in [5.74, 6) is 0.465. The van der Waals surface area contributed by atoms with Crippen molar-refractivity contribution in [3.8, 4) is 0 Å². The van der Waals surface area contributed by atoms with Crippen molar-refractivity contribution in [3.05, 3.63) is 88.5 Å². The average molecular weight is 423 g/mol. The number of halogens is 1. The number of nitrogens with zero attached hydrogens (tertiary/aromatic N) is 2. The number of anilines is 1. The second-order valence-corrected chi connectivity index (χ2v) is 7.63. The van der Waals surface area contributed by atoms with E-state index in [1.54, 1.807) is 19.2 Å². The van der Waals surface area contributed by atoms with E-state index in [4.69, 9.17) is 16.3 Å². The Balaban J connectivity index is 1.55. The summed E-state index contributed by atoms with van der Waals surface area (Å²) in [4.78, 5) is 18.0. The largest absolute Gasteiger partial charge is 0.450 e. The quantitative estimate of drug-likeness (QED) is 0.715. The zero-order valence-corrected chi connectivity index (χ0v) is 17.6. The number of nitrogens with one attached hydrogen (secondary N) is 2. The summed E-state index contributed by atoms with van der Waals surface area (Å²) in [6.07, 6.45) is 8.49. The molecule has 0 fully saturated rings. The van der Waals surface area contributed by atoms with Crippen LogP contribution in [0.5, 0.6) is 0 Å². The lowest BCUT2D eigenvalue weighted by atomic mass is 9.95. The minimum absolute atomic E-state index is 0.0569. The van der Waals surface area contributed by atoms with E-state index in [1.165, 1.54) is 0 Å². The van der Waals surface area contributed by atoms with Crippen LogP contribution in [0.3, 0.4) is 0 Å². The smallest absolute Gasteiger partial charge is 0.412 e. The fraction of sp³-hybridized carbons (Fsp3) is 0.217. The maximum absolute atomic E-state index is 11.5. The molecule has 7 heteroatoms. The molecule has 0 radical (unpaired) electrons. The molecule has 2 aromatic rings. The maximum Gasteiger partial charge on any atom is 0.412 e. The molecule has 2 N–H and O–H groups in total. The Bertz CT molecular complexity index is 1040. The fourth-order valence-corrected chi connectivity index (χ4v) is 3.79. The number of ether oxygens (including phenoxy) is 1. The lowest BCUT2D eigenvalue weighted by Crippen LogP contribution is -2.36. The van der Waals surface area contributed by atoms with Gasteiger partial charge in [0.1, 0.15) is 12.0 Å². The number of allylic oxidation sites excluding steroid dienone is 3. The van der Waals surface area contributed by atoms with Gasteiger partial charge >= 0.3 is 6.09 Å². The first kappa shape index (κ1) is 20.0. The molecule has 1 amide bonds. The van der Waals surface area contributed by atoms with E-state index in [-0.39, 0.29) is 6.17 Å². The van der Waals surface area contributed by atoms with E-state index < -0.39 is 6.09 Å². The van der Waals surface area contributed by atoms with Crippen molar-refractivity contribution in [1.29, 1.82) is 0 Å². The molecular formula is C23H23ClN4O2. The third-order valence-corrected chi connectivity index (χ3v) is 5.09. The molecule has 0 aliphatic carbocycles. The molecule has 2 aliphatic heterocycles. The van der Waals surface area contributed by atoms with Gasteiger partial charge in [0.05, 0.1) is 6.61 Å². The van der Waals surface area contributed by atoms with Crippen molar-refractivity contribution < 1.29 is 9.53 Å². The van der Waals surface area contributed by atoms with Crippen molar-refractivity contribution in [1.82, 2.24) is 15.2 Å². The third-order valence-electron chi connectivity index (χ3n) is 4.85. The Labute approximate surface area is 180 Å². The van der Waals surface area contributed by atoms with E-state index in [0.717, 1.165) is 28.0 Å². The number of hydrogen-bond acceptors (Lipinski definition) is 5. The van der Waals surface area contributed by atoms with Crippen LogP contribution in [0.25, 0.3) is 5.57 Å². The molecule has 30 heavy (non-hydrogen) atoms. The van der Waals surface area contributed by atoms with Crippen LogP contribution >= 0.6 is 11.6 Å². The Morgan fingerprint density at radius 3 is 2.90 bits per heavy atom. The second kappa shape index (κ2) is 8.63.